The van der Waals surface area contributed by atoms with Crippen molar-refractivity contribution in [1.82, 2.24) is 10.2 Å². The number of aliphatic carboxylic acids is 1. The number of amides is 2. The van der Waals surface area contributed by atoms with Crippen LogP contribution in [-0.2, 0) is 11.2 Å². The predicted molar refractivity (Wildman–Crippen MR) is 77.6 cm³/mol. The van der Waals surface area contributed by atoms with Crippen molar-refractivity contribution in [3.8, 4) is 0 Å². The van der Waals surface area contributed by atoms with E-state index in [2.05, 4.69) is 5.32 Å². The van der Waals surface area contributed by atoms with E-state index >= 15 is 0 Å². The Morgan fingerprint density at radius 3 is 2.30 bits per heavy atom. The van der Waals surface area contributed by atoms with Gasteiger partial charge in [-0.15, -0.1) is 0 Å². The number of urea groups is 1. The molecule has 0 saturated carbocycles. The van der Waals surface area contributed by atoms with Gasteiger partial charge in [-0.05, 0) is 32.3 Å². The molecule has 2 N–H and O–H groups in total. The van der Waals surface area contributed by atoms with E-state index in [9.17, 15) is 14.7 Å². The van der Waals surface area contributed by atoms with Crippen LogP contribution >= 0.6 is 0 Å². The van der Waals surface area contributed by atoms with Crippen molar-refractivity contribution in [2.24, 2.45) is 0 Å². The summed E-state index contributed by atoms with van der Waals surface area (Å²) in [5.41, 5.74) is 1.07. The summed E-state index contributed by atoms with van der Waals surface area (Å²) in [6.07, 6.45) is 1.00. The van der Waals surface area contributed by atoms with Crippen molar-refractivity contribution >= 4 is 12.0 Å². The molecule has 0 aliphatic heterocycles. The highest BCUT2D eigenvalue weighted by Crippen LogP contribution is 2.06. The van der Waals surface area contributed by atoms with Gasteiger partial charge in [0, 0.05) is 13.1 Å². The predicted octanol–water partition coefficient (Wildman–Crippen LogP) is 2.12. The van der Waals surface area contributed by atoms with Gasteiger partial charge in [0.1, 0.15) is 6.04 Å². The first-order valence-corrected chi connectivity index (χ1v) is 6.90. The molecule has 0 radical (unpaired) electrons. The lowest BCUT2D eigenvalue weighted by molar-refractivity contribution is -0.139. The number of rotatable bonds is 7. The lowest BCUT2D eigenvalue weighted by atomic mass is 10.1. The number of aryl methyl sites for hydroxylation is 1. The highest BCUT2D eigenvalue weighted by Gasteiger charge is 2.21. The molecule has 0 aliphatic carbocycles. The average molecular weight is 278 g/mol. The molecule has 0 fully saturated rings. The Kier molecular flexibility index (Phi) is 6.56. The van der Waals surface area contributed by atoms with Gasteiger partial charge in [-0.25, -0.2) is 9.59 Å². The maximum Gasteiger partial charge on any atom is 0.326 e. The van der Waals surface area contributed by atoms with E-state index in [1.165, 1.54) is 0 Å². The Labute approximate surface area is 119 Å². The monoisotopic (exact) mass is 278 g/mol. The van der Waals surface area contributed by atoms with Crippen LogP contribution in [0.3, 0.4) is 0 Å². The molecule has 5 heteroatoms. The number of hydrogen-bond acceptors (Lipinski definition) is 2. The Balaban J connectivity index is 2.57. The second-order valence-electron chi connectivity index (χ2n) is 4.54. The van der Waals surface area contributed by atoms with E-state index in [-0.39, 0.29) is 6.03 Å². The molecular weight excluding hydrogens is 256 g/mol. The molecule has 5 nitrogen and oxygen atoms in total. The van der Waals surface area contributed by atoms with Crippen LogP contribution in [0.4, 0.5) is 4.79 Å². The van der Waals surface area contributed by atoms with Crippen LogP contribution in [0.2, 0.25) is 0 Å². The molecule has 1 aromatic carbocycles. The zero-order valence-corrected chi connectivity index (χ0v) is 12.0. The molecule has 2 amide bonds. The highest BCUT2D eigenvalue weighted by molar-refractivity contribution is 5.82. The van der Waals surface area contributed by atoms with Gasteiger partial charge in [-0.1, -0.05) is 30.3 Å². The standard InChI is InChI=1S/C15H22N2O3/c1-3-17(4-2)15(20)16-13(14(18)19)11-10-12-8-6-5-7-9-12/h5-9,13H,3-4,10-11H2,1-2H3,(H,16,20)(H,18,19). The second kappa shape index (κ2) is 8.19. The maximum atomic E-state index is 11.9. The fraction of sp³-hybridized carbons (Fsp3) is 0.467. The van der Waals surface area contributed by atoms with E-state index in [1.807, 2.05) is 44.2 Å². The van der Waals surface area contributed by atoms with Crippen molar-refractivity contribution in [3.05, 3.63) is 35.9 Å². The van der Waals surface area contributed by atoms with Gasteiger partial charge >= 0.3 is 12.0 Å². The van der Waals surface area contributed by atoms with Gasteiger partial charge in [0.05, 0.1) is 0 Å². The third kappa shape index (κ3) is 4.91. The van der Waals surface area contributed by atoms with E-state index in [1.54, 1.807) is 4.90 Å². The number of carbonyl (C=O) groups is 2. The van der Waals surface area contributed by atoms with Crippen LogP contribution in [-0.4, -0.2) is 41.1 Å². The van der Waals surface area contributed by atoms with E-state index in [0.717, 1.165) is 5.56 Å². The third-order valence-electron chi connectivity index (χ3n) is 3.21. The van der Waals surface area contributed by atoms with Crippen LogP contribution in [0.5, 0.6) is 0 Å². The molecule has 0 heterocycles. The summed E-state index contributed by atoms with van der Waals surface area (Å²) in [5.74, 6) is -0.999. The van der Waals surface area contributed by atoms with Gasteiger partial charge < -0.3 is 15.3 Å². The Bertz CT molecular complexity index is 430. The van der Waals surface area contributed by atoms with E-state index in [0.29, 0.717) is 25.9 Å². The van der Waals surface area contributed by atoms with Gasteiger partial charge in [0.25, 0.3) is 0 Å². The molecule has 0 spiro atoms. The summed E-state index contributed by atoms with van der Waals surface area (Å²) in [7, 11) is 0. The molecule has 20 heavy (non-hydrogen) atoms. The summed E-state index contributed by atoms with van der Waals surface area (Å²) in [6, 6.07) is 8.47. The first kappa shape index (κ1) is 16.0. The zero-order valence-electron chi connectivity index (χ0n) is 12.0. The molecule has 1 atom stereocenters. The smallest absolute Gasteiger partial charge is 0.326 e. The molecule has 110 valence electrons. The minimum absolute atomic E-state index is 0.324. The van der Waals surface area contributed by atoms with Crippen molar-refractivity contribution in [2.45, 2.75) is 32.7 Å². The molecular formula is C15H22N2O3. The van der Waals surface area contributed by atoms with Crippen LogP contribution in [0.25, 0.3) is 0 Å². The summed E-state index contributed by atoms with van der Waals surface area (Å²) >= 11 is 0. The first-order valence-electron chi connectivity index (χ1n) is 6.90. The SMILES string of the molecule is CCN(CC)C(=O)NC(CCc1ccccc1)C(=O)O. The molecule has 1 aromatic rings. The molecule has 0 aromatic heterocycles. The van der Waals surface area contributed by atoms with E-state index < -0.39 is 12.0 Å². The highest BCUT2D eigenvalue weighted by atomic mass is 16.4. The number of hydrogen-bond donors (Lipinski definition) is 2. The molecule has 0 saturated heterocycles. The van der Waals surface area contributed by atoms with E-state index in [4.69, 9.17) is 0 Å². The Morgan fingerprint density at radius 2 is 1.80 bits per heavy atom. The zero-order chi connectivity index (χ0) is 15.0. The van der Waals surface area contributed by atoms with Crippen LogP contribution in [0.1, 0.15) is 25.8 Å². The van der Waals surface area contributed by atoms with Crippen molar-refractivity contribution < 1.29 is 14.7 Å². The molecule has 1 rings (SSSR count). The number of benzene rings is 1. The summed E-state index contributed by atoms with van der Waals surface area (Å²) in [4.78, 5) is 24.7. The lowest BCUT2D eigenvalue weighted by Gasteiger charge is -2.22. The molecule has 1 unspecified atom stereocenters. The van der Waals surface area contributed by atoms with Gasteiger partial charge in [0.2, 0.25) is 0 Å². The number of nitrogens with one attached hydrogen (secondary N) is 1. The minimum atomic E-state index is -0.999. The second-order valence-corrected chi connectivity index (χ2v) is 4.54. The first-order chi connectivity index (χ1) is 9.58. The Morgan fingerprint density at radius 1 is 1.20 bits per heavy atom. The lowest BCUT2D eigenvalue weighted by Crippen LogP contribution is -2.48. The minimum Gasteiger partial charge on any atom is -0.480 e. The van der Waals surface area contributed by atoms with Crippen molar-refractivity contribution in [1.29, 1.82) is 0 Å². The van der Waals surface area contributed by atoms with Gasteiger partial charge in [-0.2, -0.15) is 0 Å². The molecule has 0 bridgehead atoms. The average Bonchev–Trinajstić information content (AvgIpc) is 2.45. The van der Waals surface area contributed by atoms with Gasteiger partial charge in [-0.3, -0.25) is 0 Å². The number of nitrogens with zero attached hydrogens (tertiary/aromatic N) is 1. The maximum absolute atomic E-state index is 11.9. The number of carboxylic acid groups (broad SMARTS) is 1. The number of carbonyl (C=O) groups excluding carboxylic acids is 1. The fourth-order valence-corrected chi connectivity index (χ4v) is 1.96. The fourth-order valence-electron chi connectivity index (χ4n) is 1.96. The molecule has 0 aliphatic rings. The van der Waals surface area contributed by atoms with Crippen molar-refractivity contribution in [3.63, 3.8) is 0 Å². The summed E-state index contributed by atoms with van der Waals surface area (Å²) in [5, 5.41) is 11.8. The summed E-state index contributed by atoms with van der Waals surface area (Å²) in [6.45, 7) is 4.85. The topological polar surface area (TPSA) is 69.6 Å². The van der Waals surface area contributed by atoms with Gasteiger partial charge in [0.15, 0.2) is 0 Å². The van der Waals surface area contributed by atoms with Crippen molar-refractivity contribution in [2.75, 3.05) is 13.1 Å². The number of carboxylic acids is 1. The quantitative estimate of drug-likeness (QED) is 0.802. The third-order valence-corrected chi connectivity index (χ3v) is 3.21. The summed E-state index contributed by atoms with van der Waals surface area (Å²) < 4.78 is 0. The van der Waals surface area contributed by atoms with Crippen LogP contribution in [0.15, 0.2) is 30.3 Å². The largest absolute Gasteiger partial charge is 0.480 e. The Hall–Kier alpha value is -2.04. The normalized spacial score (nSPS) is 11.7. The van der Waals surface area contributed by atoms with Crippen LogP contribution in [0, 0.1) is 0 Å². The van der Waals surface area contributed by atoms with Crippen LogP contribution < -0.4 is 5.32 Å².